The van der Waals surface area contributed by atoms with Crippen LogP contribution in [-0.4, -0.2) is 18.1 Å². The zero-order valence-electron chi connectivity index (χ0n) is 22.6. The molecule has 0 N–H and O–H groups in total. The van der Waals surface area contributed by atoms with E-state index in [0.29, 0.717) is 10.9 Å². The summed E-state index contributed by atoms with van der Waals surface area (Å²) in [6.45, 7) is 1.92. The standard InChI is InChI=1S/C32H29ClN2OP.ClHO4/c33-29-22-12-11-21-28(29)30-34-31(32(36-30)35-23-13-4-14-24-35)37(25-15-5-1-6-16-25,26-17-7-2-8-18-26)27-19-9-3-10-20-27;2-1(3,4)5/h1-3,5-12,15-22H,4,13-14,23-24H2;(H,2,3,4,5)/q+1;/p-1. The summed E-state index contributed by atoms with van der Waals surface area (Å²) in [4.78, 5) is 7.77. The number of benzene rings is 4. The first-order chi connectivity index (χ1) is 20.3. The molecule has 0 atom stereocenters. The van der Waals surface area contributed by atoms with Gasteiger partial charge in [0.25, 0.3) is 11.3 Å². The van der Waals surface area contributed by atoms with Crippen LogP contribution < -0.4 is 44.9 Å². The number of aromatic nitrogens is 1. The number of anilines is 1. The average Bonchev–Trinajstić information content (AvgIpc) is 3.45. The zero-order chi connectivity index (χ0) is 29.6. The van der Waals surface area contributed by atoms with Crippen LogP contribution in [0.1, 0.15) is 19.3 Å². The number of halogens is 2. The van der Waals surface area contributed by atoms with Gasteiger partial charge < -0.3 is 9.32 Å². The first-order valence-corrected chi connectivity index (χ1v) is 16.9. The Morgan fingerprint density at radius 3 is 1.52 bits per heavy atom. The molecule has 4 aromatic carbocycles. The van der Waals surface area contributed by atoms with Crippen molar-refractivity contribution >= 4 is 46.1 Å². The van der Waals surface area contributed by atoms with Crippen molar-refractivity contribution in [3.8, 4) is 11.5 Å². The molecule has 1 fully saturated rings. The first-order valence-electron chi connectivity index (χ1n) is 13.5. The molecule has 0 saturated carbocycles. The number of hydrogen-bond acceptors (Lipinski definition) is 7. The van der Waals surface area contributed by atoms with Gasteiger partial charge in [-0.25, -0.2) is 18.6 Å². The Bertz CT molecular complexity index is 1470. The van der Waals surface area contributed by atoms with Gasteiger partial charge in [-0.05, 0) is 67.8 Å². The van der Waals surface area contributed by atoms with Gasteiger partial charge in [0.15, 0.2) is 7.26 Å². The monoisotopic (exact) mass is 622 g/mol. The fraction of sp³-hybridized carbons (Fsp3) is 0.156. The van der Waals surface area contributed by atoms with E-state index in [-0.39, 0.29) is 0 Å². The summed E-state index contributed by atoms with van der Waals surface area (Å²) >= 11 is 6.67. The molecule has 0 bridgehead atoms. The molecular formula is C32H29Cl2N2O5P. The Labute approximate surface area is 252 Å². The summed E-state index contributed by atoms with van der Waals surface area (Å²) in [5, 5.41) is 4.41. The topological polar surface area (TPSA) is 122 Å². The van der Waals surface area contributed by atoms with Gasteiger partial charge in [0.05, 0.1) is 10.6 Å². The Kier molecular flexibility index (Phi) is 9.61. The first kappa shape index (κ1) is 30.2. The molecule has 10 heteroatoms. The maximum Gasteiger partial charge on any atom is 0.262 e. The van der Waals surface area contributed by atoms with Crippen LogP contribution in [0.5, 0.6) is 0 Å². The molecule has 0 spiro atoms. The second-order valence-electron chi connectivity index (χ2n) is 9.73. The van der Waals surface area contributed by atoms with E-state index in [2.05, 4.69) is 95.9 Å². The normalized spacial score (nSPS) is 13.8. The van der Waals surface area contributed by atoms with Crippen molar-refractivity contribution < 1.29 is 33.3 Å². The molecule has 7 nitrogen and oxygen atoms in total. The highest BCUT2D eigenvalue weighted by Crippen LogP contribution is 2.56. The summed E-state index contributed by atoms with van der Waals surface area (Å²) in [5.41, 5.74) is 1.83. The van der Waals surface area contributed by atoms with Gasteiger partial charge in [0, 0.05) is 13.1 Å². The van der Waals surface area contributed by atoms with Gasteiger partial charge in [-0.15, -0.1) is 10.2 Å². The third-order valence-corrected chi connectivity index (χ3v) is 11.6. The van der Waals surface area contributed by atoms with Crippen molar-refractivity contribution in [2.24, 2.45) is 0 Å². The minimum absolute atomic E-state index is 0.577. The summed E-state index contributed by atoms with van der Waals surface area (Å²) in [5.74, 6) is 1.45. The van der Waals surface area contributed by atoms with Crippen LogP contribution in [0.15, 0.2) is 120 Å². The fourth-order valence-electron chi connectivity index (χ4n) is 5.34. The predicted molar refractivity (Wildman–Crippen MR) is 158 cm³/mol. The van der Waals surface area contributed by atoms with Gasteiger partial charge in [-0.3, -0.25) is 0 Å². The highest BCUT2D eigenvalue weighted by atomic mass is 35.7. The summed E-state index contributed by atoms with van der Waals surface area (Å²) in [6.07, 6.45) is 3.54. The fourth-order valence-corrected chi connectivity index (χ4v) is 9.76. The van der Waals surface area contributed by atoms with E-state index in [9.17, 15) is 0 Å². The van der Waals surface area contributed by atoms with Crippen molar-refractivity contribution in [2.75, 3.05) is 18.0 Å². The van der Waals surface area contributed by atoms with Crippen LogP contribution in [0.3, 0.4) is 0 Å². The maximum absolute atomic E-state index is 8.49. The van der Waals surface area contributed by atoms with E-state index in [1.54, 1.807) is 0 Å². The molecule has 6 rings (SSSR count). The number of nitrogens with zero attached hydrogens (tertiary/aromatic N) is 2. The number of hydrogen-bond donors (Lipinski definition) is 0. The molecule has 0 amide bonds. The SMILES string of the molecule is Clc1ccccc1-c1nc([P+](c2ccccc2)(c2ccccc2)c2ccccc2)c(N2CCCCC2)o1.[O-][Cl+3]([O-])([O-])[O-]. The van der Waals surface area contributed by atoms with E-state index in [0.717, 1.165) is 42.8 Å². The Morgan fingerprint density at radius 2 is 1.07 bits per heavy atom. The largest absolute Gasteiger partial charge is 0.416 e. The second-order valence-corrected chi connectivity index (χ2v) is 14.2. The molecule has 42 heavy (non-hydrogen) atoms. The molecule has 1 aromatic heterocycles. The van der Waals surface area contributed by atoms with E-state index in [1.807, 2.05) is 24.3 Å². The van der Waals surface area contributed by atoms with Crippen molar-refractivity contribution in [2.45, 2.75) is 19.3 Å². The van der Waals surface area contributed by atoms with Crippen LogP contribution >= 0.6 is 18.9 Å². The van der Waals surface area contributed by atoms with Crippen LogP contribution in [0.25, 0.3) is 11.5 Å². The van der Waals surface area contributed by atoms with Gasteiger partial charge in [-0.2, -0.15) is 4.98 Å². The van der Waals surface area contributed by atoms with Gasteiger partial charge in [0.2, 0.25) is 5.89 Å². The molecule has 216 valence electrons. The zero-order valence-corrected chi connectivity index (χ0v) is 25.1. The van der Waals surface area contributed by atoms with Crippen LogP contribution in [-0.2, 0) is 0 Å². The molecule has 0 unspecified atom stereocenters. The average molecular weight is 623 g/mol. The Morgan fingerprint density at radius 1 is 0.643 bits per heavy atom. The molecule has 1 aliphatic heterocycles. The lowest BCUT2D eigenvalue weighted by molar-refractivity contribution is -2.00. The van der Waals surface area contributed by atoms with Crippen LogP contribution in [0.4, 0.5) is 5.88 Å². The smallest absolute Gasteiger partial charge is 0.262 e. The van der Waals surface area contributed by atoms with Crippen molar-refractivity contribution in [3.05, 3.63) is 120 Å². The molecule has 5 aromatic rings. The highest BCUT2D eigenvalue weighted by Gasteiger charge is 2.53. The summed E-state index contributed by atoms with van der Waals surface area (Å²) < 4.78 is 40.7. The van der Waals surface area contributed by atoms with Gasteiger partial charge in [-0.1, -0.05) is 78.3 Å². The van der Waals surface area contributed by atoms with Gasteiger partial charge >= 0.3 is 0 Å². The van der Waals surface area contributed by atoms with E-state index < -0.39 is 17.5 Å². The van der Waals surface area contributed by atoms with Crippen molar-refractivity contribution in [1.82, 2.24) is 4.98 Å². The van der Waals surface area contributed by atoms with Crippen LogP contribution in [0, 0.1) is 10.2 Å². The lowest BCUT2D eigenvalue weighted by Gasteiger charge is -2.30. The molecule has 0 aliphatic carbocycles. The van der Waals surface area contributed by atoms with E-state index in [4.69, 9.17) is 39.6 Å². The summed E-state index contributed by atoms with van der Waals surface area (Å²) in [6, 6.07) is 40.3. The third-order valence-electron chi connectivity index (χ3n) is 7.09. The minimum Gasteiger partial charge on any atom is -0.416 e. The minimum atomic E-state index is -4.94. The molecule has 2 heterocycles. The molecular weight excluding hydrogens is 594 g/mol. The quantitative estimate of drug-likeness (QED) is 0.265. The van der Waals surface area contributed by atoms with Gasteiger partial charge in [0.1, 0.15) is 15.9 Å². The number of rotatable bonds is 6. The number of oxazole rings is 1. The molecule has 0 radical (unpaired) electrons. The Balaban J connectivity index is 0.000000652. The number of piperidine rings is 1. The van der Waals surface area contributed by atoms with Crippen molar-refractivity contribution in [1.29, 1.82) is 0 Å². The predicted octanol–water partition coefficient (Wildman–Crippen LogP) is 1.85. The summed E-state index contributed by atoms with van der Waals surface area (Å²) in [7, 11) is -7.36. The third kappa shape index (κ3) is 6.69. The second kappa shape index (κ2) is 13.4. The molecule has 1 saturated heterocycles. The Hall–Kier alpha value is -3.26. The lowest BCUT2D eigenvalue weighted by atomic mass is 10.1. The molecule has 1 aliphatic rings. The van der Waals surface area contributed by atoms with E-state index in [1.165, 1.54) is 22.3 Å². The maximum atomic E-state index is 8.49. The van der Waals surface area contributed by atoms with Crippen molar-refractivity contribution in [3.63, 3.8) is 0 Å². The highest BCUT2D eigenvalue weighted by molar-refractivity contribution is 8.01. The van der Waals surface area contributed by atoms with Crippen LogP contribution in [0.2, 0.25) is 5.02 Å². The lowest BCUT2D eigenvalue weighted by Crippen LogP contribution is -2.68. The van der Waals surface area contributed by atoms with E-state index >= 15 is 0 Å².